The van der Waals surface area contributed by atoms with Crippen molar-refractivity contribution in [3.05, 3.63) is 42.2 Å². The first-order valence-corrected chi connectivity index (χ1v) is 12.8. The SMILES string of the molecule is CCCCCCOc1ccc(C2CCC(CCC3CCC(/C=C/F)CC3)CC2)cc1. The van der Waals surface area contributed by atoms with Gasteiger partial charge in [-0.3, -0.25) is 0 Å². The second kappa shape index (κ2) is 13.2. The number of benzene rings is 1. The highest BCUT2D eigenvalue weighted by atomic mass is 19.1. The molecule has 0 amide bonds. The van der Waals surface area contributed by atoms with Gasteiger partial charge in [-0.15, -0.1) is 0 Å². The molecule has 1 aromatic carbocycles. The molecule has 2 saturated carbocycles. The van der Waals surface area contributed by atoms with Crippen molar-refractivity contribution in [3.8, 4) is 5.75 Å². The molecule has 0 aliphatic heterocycles. The average molecular weight is 415 g/mol. The Morgan fingerprint density at radius 3 is 2.07 bits per heavy atom. The lowest BCUT2D eigenvalue weighted by Crippen LogP contribution is -2.17. The van der Waals surface area contributed by atoms with Gasteiger partial charge in [0.15, 0.2) is 0 Å². The van der Waals surface area contributed by atoms with E-state index in [1.807, 2.05) is 0 Å². The highest BCUT2D eigenvalue weighted by molar-refractivity contribution is 5.29. The normalized spacial score (nSPS) is 27.4. The van der Waals surface area contributed by atoms with E-state index in [4.69, 9.17) is 4.74 Å². The Bertz CT molecular complexity index is 592. The summed E-state index contributed by atoms with van der Waals surface area (Å²) in [5.74, 6) is 4.08. The van der Waals surface area contributed by atoms with Gasteiger partial charge in [-0.1, -0.05) is 57.2 Å². The van der Waals surface area contributed by atoms with Crippen LogP contribution in [0, 0.1) is 17.8 Å². The van der Waals surface area contributed by atoms with Crippen molar-refractivity contribution in [1.82, 2.24) is 0 Å². The van der Waals surface area contributed by atoms with Gasteiger partial charge in [0.25, 0.3) is 0 Å². The molecule has 0 saturated heterocycles. The Morgan fingerprint density at radius 2 is 1.47 bits per heavy atom. The Morgan fingerprint density at radius 1 is 0.833 bits per heavy atom. The fourth-order valence-electron chi connectivity index (χ4n) is 5.58. The second-order valence-corrected chi connectivity index (χ2v) is 9.87. The van der Waals surface area contributed by atoms with Gasteiger partial charge in [-0.05, 0) is 99.2 Å². The summed E-state index contributed by atoms with van der Waals surface area (Å²) in [6.45, 7) is 3.09. The smallest absolute Gasteiger partial charge is 0.119 e. The molecule has 0 spiro atoms. The van der Waals surface area contributed by atoms with Crippen LogP contribution in [0.25, 0.3) is 0 Å². The molecule has 2 fully saturated rings. The molecule has 168 valence electrons. The van der Waals surface area contributed by atoms with Crippen molar-refractivity contribution in [2.45, 2.75) is 103 Å². The van der Waals surface area contributed by atoms with E-state index in [9.17, 15) is 4.39 Å². The fourth-order valence-corrected chi connectivity index (χ4v) is 5.58. The lowest BCUT2D eigenvalue weighted by atomic mass is 9.74. The minimum atomic E-state index is 0.500. The summed E-state index contributed by atoms with van der Waals surface area (Å²) < 4.78 is 18.2. The predicted molar refractivity (Wildman–Crippen MR) is 126 cm³/mol. The molecule has 0 atom stereocenters. The van der Waals surface area contributed by atoms with Crippen LogP contribution in [-0.2, 0) is 0 Å². The zero-order valence-corrected chi connectivity index (χ0v) is 19.2. The molecule has 1 aromatic rings. The van der Waals surface area contributed by atoms with Crippen molar-refractivity contribution in [1.29, 1.82) is 0 Å². The van der Waals surface area contributed by atoms with Crippen molar-refractivity contribution >= 4 is 0 Å². The topological polar surface area (TPSA) is 9.23 Å². The van der Waals surface area contributed by atoms with Gasteiger partial charge in [0.05, 0.1) is 12.9 Å². The molecule has 2 aliphatic carbocycles. The molecular formula is C28H43FO. The minimum Gasteiger partial charge on any atom is -0.494 e. The number of allylic oxidation sites excluding steroid dienone is 1. The van der Waals surface area contributed by atoms with Gasteiger partial charge in [0.2, 0.25) is 0 Å². The molecule has 3 rings (SSSR count). The van der Waals surface area contributed by atoms with Crippen LogP contribution in [0.1, 0.15) is 108 Å². The summed E-state index contributed by atoms with van der Waals surface area (Å²) in [7, 11) is 0. The van der Waals surface area contributed by atoms with Gasteiger partial charge in [-0.25, -0.2) is 4.39 Å². The van der Waals surface area contributed by atoms with E-state index in [-0.39, 0.29) is 0 Å². The molecular weight excluding hydrogens is 371 g/mol. The van der Waals surface area contributed by atoms with E-state index < -0.39 is 0 Å². The van der Waals surface area contributed by atoms with E-state index in [1.165, 1.54) is 89.0 Å². The number of rotatable bonds is 11. The van der Waals surface area contributed by atoms with E-state index in [0.717, 1.165) is 42.9 Å². The lowest BCUT2D eigenvalue weighted by Gasteiger charge is -2.31. The number of hydrogen-bond donors (Lipinski definition) is 0. The van der Waals surface area contributed by atoms with Gasteiger partial charge < -0.3 is 4.74 Å². The Balaban J connectivity index is 1.31. The van der Waals surface area contributed by atoms with Crippen LogP contribution in [0.15, 0.2) is 36.7 Å². The maximum atomic E-state index is 12.3. The van der Waals surface area contributed by atoms with E-state index in [2.05, 4.69) is 31.2 Å². The third kappa shape index (κ3) is 7.75. The summed E-state index contributed by atoms with van der Waals surface area (Å²) >= 11 is 0. The van der Waals surface area contributed by atoms with E-state index in [1.54, 1.807) is 6.08 Å². The molecule has 0 radical (unpaired) electrons. The highest BCUT2D eigenvalue weighted by Crippen LogP contribution is 2.40. The van der Waals surface area contributed by atoms with Crippen LogP contribution >= 0.6 is 0 Å². The molecule has 0 bridgehead atoms. The summed E-state index contributed by atoms with van der Waals surface area (Å²) in [6.07, 6.45) is 20.8. The minimum absolute atomic E-state index is 0.500. The Hall–Kier alpha value is -1.31. The zero-order valence-electron chi connectivity index (χ0n) is 19.2. The third-order valence-corrected chi connectivity index (χ3v) is 7.68. The quantitative estimate of drug-likeness (QED) is 0.328. The number of unbranched alkanes of at least 4 members (excludes halogenated alkanes) is 3. The van der Waals surface area contributed by atoms with Gasteiger partial charge in [0, 0.05) is 0 Å². The lowest BCUT2D eigenvalue weighted by molar-refractivity contribution is 0.245. The third-order valence-electron chi connectivity index (χ3n) is 7.68. The van der Waals surface area contributed by atoms with Crippen molar-refractivity contribution < 1.29 is 9.13 Å². The van der Waals surface area contributed by atoms with Crippen molar-refractivity contribution in [3.63, 3.8) is 0 Å². The Labute approximate surface area is 184 Å². The highest BCUT2D eigenvalue weighted by Gasteiger charge is 2.25. The van der Waals surface area contributed by atoms with E-state index >= 15 is 0 Å². The molecule has 30 heavy (non-hydrogen) atoms. The zero-order chi connectivity index (χ0) is 21.0. The number of ether oxygens (including phenoxy) is 1. The van der Waals surface area contributed by atoms with Crippen LogP contribution in [0.2, 0.25) is 0 Å². The number of halogens is 1. The number of hydrogen-bond acceptors (Lipinski definition) is 1. The first kappa shape index (κ1) is 23.4. The second-order valence-electron chi connectivity index (χ2n) is 9.87. The molecule has 0 unspecified atom stereocenters. The van der Waals surface area contributed by atoms with Crippen LogP contribution in [0.3, 0.4) is 0 Å². The van der Waals surface area contributed by atoms with Gasteiger partial charge in [0.1, 0.15) is 5.75 Å². The van der Waals surface area contributed by atoms with Crippen LogP contribution in [0.5, 0.6) is 5.75 Å². The summed E-state index contributed by atoms with van der Waals surface area (Å²) in [5, 5.41) is 0. The molecule has 0 N–H and O–H groups in total. The summed E-state index contributed by atoms with van der Waals surface area (Å²) in [4.78, 5) is 0. The standard InChI is InChI=1S/C28H43FO/c1-2-3-4-5-22-30-28-18-16-27(17-19-28)26-14-12-24(13-15-26)7-6-23-8-10-25(11-9-23)20-21-29/h16-21,23-26H,2-15,22H2,1H3/b21-20+. The molecule has 1 nitrogen and oxygen atoms in total. The van der Waals surface area contributed by atoms with E-state index in [0.29, 0.717) is 5.92 Å². The first-order valence-electron chi connectivity index (χ1n) is 12.8. The van der Waals surface area contributed by atoms with Crippen molar-refractivity contribution in [2.75, 3.05) is 6.61 Å². The van der Waals surface area contributed by atoms with Crippen LogP contribution in [0.4, 0.5) is 4.39 Å². The maximum absolute atomic E-state index is 12.3. The largest absolute Gasteiger partial charge is 0.494 e. The van der Waals surface area contributed by atoms with Gasteiger partial charge in [-0.2, -0.15) is 0 Å². The molecule has 0 aromatic heterocycles. The summed E-state index contributed by atoms with van der Waals surface area (Å²) in [6, 6.07) is 8.96. The predicted octanol–water partition coefficient (Wildman–Crippen LogP) is 8.99. The van der Waals surface area contributed by atoms with Crippen molar-refractivity contribution in [2.24, 2.45) is 17.8 Å². The average Bonchev–Trinajstić information content (AvgIpc) is 2.79. The molecule has 2 heteroatoms. The first-order chi connectivity index (χ1) is 14.8. The monoisotopic (exact) mass is 414 g/mol. The summed E-state index contributed by atoms with van der Waals surface area (Å²) in [5.41, 5.74) is 1.51. The van der Waals surface area contributed by atoms with Crippen LogP contribution < -0.4 is 4.74 Å². The molecule has 2 aliphatic rings. The fraction of sp³-hybridized carbons (Fsp3) is 0.714. The molecule has 0 heterocycles. The maximum Gasteiger partial charge on any atom is 0.119 e. The van der Waals surface area contributed by atoms with Gasteiger partial charge >= 0.3 is 0 Å². The Kier molecular flexibility index (Phi) is 10.3. The van der Waals surface area contributed by atoms with Crippen LogP contribution in [-0.4, -0.2) is 6.61 Å².